The first-order valence-electron chi connectivity index (χ1n) is 10.3. The van der Waals surface area contributed by atoms with Gasteiger partial charge in [0.25, 0.3) is 11.5 Å². The predicted octanol–water partition coefficient (Wildman–Crippen LogP) is 2.75. The Kier molecular flexibility index (Phi) is 7.45. The number of amides is 1. The van der Waals surface area contributed by atoms with Crippen LogP contribution >= 0.6 is 0 Å². The van der Waals surface area contributed by atoms with E-state index in [1.165, 1.54) is 16.6 Å². The van der Waals surface area contributed by atoms with E-state index in [4.69, 9.17) is 0 Å². The van der Waals surface area contributed by atoms with E-state index in [0.717, 1.165) is 22.0 Å². The number of benzene rings is 2. The molecule has 1 aromatic heterocycles. The van der Waals surface area contributed by atoms with Crippen molar-refractivity contribution in [3.05, 3.63) is 89.3 Å². The van der Waals surface area contributed by atoms with Gasteiger partial charge in [0.05, 0.1) is 16.3 Å². The van der Waals surface area contributed by atoms with Gasteiger partial charge in [-0.05, 0) is 30.3 Å². The fraction of sp³-hybridized carbons (Fsp3) is 0.217. The SMILES string of the molecule is CCN(CC)S(=O)(=O)c1ccc(=O)n(CC(=O)NN(c2ccccc2)c2ccccc2)c1. The van der Waals surface area contributed by atoms with Crippen molar-refractivity contribution in [2.45, 2.75) is 25.3 Å². The number of carbonyl (C=O) groups excluding carboxylic acids is 1. The summed E-state index contributed by atoms with van der Waals surface area (Å²) in [5.41, 5.74) is 3.80. The Morgan fingerprint density at radius 1 is 0.875 bits per heavy atom. The van der Waals surface area contributed by atoms with Crippen LogP contribution < -0.4 is 16.0 Å². The predicted molar refractivity (Wildman–Crippen MR) is 124 cm³/mol. The molecule has 0 bridgehead atoms. The minimum atomic E-state index is -3.75. The Morgan fingerprint density at radius 3 is 1.91 bits per heavy atom. The van der Waals surface area contributed by atoms with Crippen molar-refractivity contribution in [1.82, 2.24) is 14.3 Å². The van der Waals surface area contributed by atoms with Gasteiger partial charge in [0, 0.05) is 25.4 Å². The van der Waals surface area contributed by atoms with Gasteiger partial charge in [-0.2, -0.15) is 4.31 Å². The molecule has 1 amide bonds. The number of nitrogens with one attached hydrogen (secondary N) is 1. The molecule has 0 radical (unpaired) electrons. The van der Waals surface area contributed by atoms with Crippen molar-refractivity contribution < 1.29 is 13.2 Å². The summed E-state index contributed by atoms with van der Waals surface area (Å²) in [7, 11) is -3.75. The Balaban J connectivity index is 1.87. The molecule has 0 atom stereocenters. The molecule has 1 heterocycles. The zero-order valence-electron chi connectivity index (χ0n) is 18.0. The molecule has 0 aliphatic carbocycles. The summed E-state index contributed by atoms with van der Waals surface area (Å²) in [6.07, 6.45) is 1.21. The van der Waals surface area contributed by atoms with Gasteiger partial charge in [0.15, 0.2) is 0 Å². The van der Waals surface area contributed by atoms with Gasteiger partial charge >= 0.3 is 0 Å². The van der Waals surface area contributed by atoms with E-state index >= 15 is 0 Å². The number of sulfonamides is 1. The van der Waals surface area contributed by atoms with Gasteiger partial charge in [-0.3, -0.25) is 20.0 Å². The highest BCUT2D eigenvalue weighted by Gasteiger charge is 2.23. The van der Waals surface area contributed by atoms with Crippen LogP contribution in [0.5, 0.6) is 0 Å². The number of rotatable bonds is 9. The summed E-state index contributed by atoms with van der Waals surface area (Å²) in [6.45, 7) is 3.76. The average molecular weight is 455 g/mol. The number of hydrogen-bond acceptors (Lipinski definition) is 5. The second-order valence-corrected chi connectivity index (χ2v) is 8.90. The largest absolute Gasteiger partial charge is 0.305 e. The number of pyridine rings is 1. The zero-order chi connectivity index (χ0) is 23.1. The minimum Gasteiger partial charge on any atom is -0.305 e. The lowest BCUT2D eigenvalue weighted by atomic mass is 10.2. The molecule has 0 aliphatic heterocycles. The van der Waals surface area contributed by atoms with Crippen LogP contribution in [0.25, 0.3) is 0 Å². The van der Waals surface area contributed by atoms with E-state index in [9.17, 15) is 18.0 Å². The Labute approximate surface area is 187 Å². The molecule has 2 aromatic carbocycles. The molecule has 168 valence electrons. The number of hydrazine groups is 1. The van der Waals surface area contributed by atoms with Gasteiger partial charge < -0.3 is 4.57 Å². The molecular weight excluding hydrogens is 428 g/mol. The third-order valence-electron chi connectivity index (χ3n) is 4.88. The first-order chi connectivity index (χ1) is 15.4. The maximum Gasteiger partial charge on any atom is 0.258 e. The monoisotopic (exact) mass is 454 g/mol. The quantitative estimate of drug-likeness (QED) is 0.502. The van der Waals surface area contributed by atoms with Crippen molar-refractivity contribution in [1.29, 1.82) is 0 Å². The molecular formula is C23H26N4O4S. The fourth-order valence-corrected chi connectivity index (χ4v) is 4.72. The molecule has 0 saturated heterocycles. The molecule has 0 saturated carbocycles. The summed E-state index contributed by atoms with van der Waals surface area (Å²) < 4.78 is 28.0. The number of carbonyl (C=O) groups is 1. The van der Waals surface area contributed by atoms with Gasteiger partial charge in [-0.1, -0.05) is 50.2 Å². The van der Waals surface area contributed by atoms with E-state index in [2.05, 4.69) is 5.43 Å². The van der Waals surface area contributed by atoms with Crippen molar-refractivity contribution in [3.8, 4) is 0 Å². The standard InChI is InChI=1S/C23H26N4O4S/c1-3-26(4-2)32(30,31)21-15-16-23(29)25(17-21)18-22(28)24-27(19-11-7-5-8-12-19)20-13-9-6-10-14-20/h5-17H,3-4,18H2,1-2H3,(H,24,28). The van der Waals surface area contributed by atoms with E-state index in [0.29, 0.717) is 13.1 Å². The zero-order valence-corrected chi connectivity index (χ0v) is 18.8. The lowest BCUT2D eigenvalue weighted by Gasteiger charge is -2.25. The van der Waals surface area contributed by atoms with Gasteiger partial charge in [0.2, 0.25) is 10.0 Å². The third-order valence-corrected chi connectivity index (χ3v) is 6.91. The van der Waals surface area contributed by atoms with Gasteiger partial charge in [-0.15, -0.1) is 0 Å². The van der Waals surface area contributed by atoms with Crippen LogP contribution in [0.3, 0.4) is 0 Å². The van der Waals surface area contributed by atoms with Crippen molar-refractivity contribution in [2.24, 2.45) is 0 Å². The van der Waals surface area contributed by atoms with E-state index in [1.54, 1.807) is 18.9 Å². The number of aromatic nitrogens is 1. The first kappa shape index (κ1) is 23.2. The van der Waals surface area contributed by atoms with E-state index in [-0.39, 0.29) is 11.4 Å². The highest BCUT2D eigenvalue weighted by molar-refractivity contribution is 7.89. The molecule has 8 nitrogen and oxygen atoms in total. The van der Waals surface area contributed by atoms with Crippen LogP contribution in [-0.2, 0) is 21.4 Å². The van der Waals surface area contributed by atoms with Crippen LogP contribution in [0, 0.1) is 0 Å². The summed E-state index contributed by atoms with van der Waals surface area (Å²) >= 11 is 0. The topological polar surface area (TPSA) is 91.7 Å². The Morgan fingerprint density at radius 2 is 1.41 bits per heavy atom. The molecule has 0 aliphatic rings. The number of para-hydroxylation sites is 2. The highest BCUT2D eigenvalue weighted by atomic mass is 32.2. The normalized spacial score (nSPS) is 11.3. The summed E-state index contributed by atoms with van der Waals surface area (Å²) in [5.74, 6) is -0.475. The fourth-order valence-electron chi connectivity index (χ4n) is 3.25. The molecule has 3 rings (SSSR count). The molecule has 0 spiro atoms. The Hall–Kier alpha value is -3.43. The van der Waals surface area contributed by atoms with Crippen molar-refractivity contribution >= 4 is 27.3 Å². The second-order valence-electron chi connectivity index (χ2n) is 6.96. The molecule has 0 unspecified atom stereocenters. The maximum atomic E-state index is 12.9. The van der Waals surface area contributed by atoms with Crippen molar-refractivity contribution in [3.63, 3.8) is 0 Å². The van der Waals surface area contributed by atoms with Crippen LogP contribution in [0.4, 0.5) is 11.4 Å². The van der Waals surface area contributed by atoms with E-state index in [1.807, 2.05) is 60.7 Å². The van der Waals surface area contributed by atoms with Gasteiger partial charge in [0.1, 0.15) is 6.54 Å². The molecule has 32 heavy (non-hydrogen) atoms. The number of anilines is 2. The van der Waals surface area contributed by atoms with Crippen LogP contribution in [-0.4, -0.2) is 36.3 Å². The lowest BCUT2D eigenvalue weighted by molar-refractivity contribution is -0.121. The molecule has 0 fully saturated rings. The molecule has 9 heteroatoms. The van der Waals surface area contributed by atoms with Gasteiger partial charge in [-0.25, -0.2) is 8.42 Å². The summed E-state index contributed by atoms with van der Waals surface area (Å²) in [6, 6.07) is 21.0. The van der Waals surface area contributed by atoms with Crippen LogP contribution in [0.2, 0.25) is 0 Å². The molecule has 1 N–H and O–H groups in total. The number of nitrogens with zero attached hydrogens (tertiary/aromatic N) is 3. The Bertz CT molecular complexity index is 1170. The number of hydrogen-bond donors (Lipinski definition) is 1. The second kappa shape index (κ2) is 10.3. The maximum absolute atomic E-state index is 12.9. The highest BCUT2D eigenvalue weighted by Crippen LogP contribution is 2.22. The van der Waals surface area contributed by atoms with Crippen LogP contribution in [0.1, 0.15) is 13.8 Å². The average Bonchev–Trinajstić information content (AvgIpc) is 2.80. The molecule has 3 aromatic rings. The smallest absolute Gasteiger partial charge is 0.258 e. The van der Waals surface area contributed by atoms with Crippen LogP contribution in [0.15, 0.2) is 88.7 Å². The lowest BCUT2D eigenvalue weighted by Crippen LogP contribution is -2.42. The van der Waals surface area contributed by atoms with Crippen molar-refractivity contribution in [2.75, 3.05) is 18.1 Å². The first-order valence-corrected chi connectivity index (χ1v) is 11.7. The summed E-state index contributed by atoms with van der Waals surface area (Å²) in [5, 5.41) is 1.61. The third kappa shape index (κ3) is 5.24. The van der Waals surface area contributed by atoms with E-state index < -0.39 is 21.5 Å². The summed E-state index contributed by atoms with van der Waals surface area (Å²) in [4.78, 5) is 25.2. The minimum absolute atomic E-state index is 0.0309.